The van der Waals surface area contributed by atoms with Crippen molar-refractivity contribution in [1.82, 2.24) is 9.97 Å². The SMILES string of the molecule is CCC(CC)(OC)c1nc(=S)c(Br)c(-c2ccccc2)[nH]1. The van der Waals surface area contributed by atoms with E-state index in [0.29, 0.717) is 4.64 Å². The lowest BCUT2D eigenvalue weighted by Crippen LogP contribution is -2.29. The Morgan fingerprint density at radius 2 is 1.86 bits per heavy atom. The van der Waals surface area contributed by atoms with Crippen molar-refractivity contribution in [3.05, 3.63) is 45.3 Å². The highest BCUT2D eigenvalue weighted by molar-refractivity contribution is 9.10. The molecule has 0 amide bonds. The number of nitrogens with zero attached hydrogens (tertiary/aromatic N) is 1. The molecule has 21 heavy (non-hydrogen) atoms. The number of H-pyrrole nitrogens is 1. The summed E-state index contributed by atoms with van der Waals surface area (Å²) < 4.78 is 7.11. The smallest absolute Gasteiger partial charge is 0.144 e. The van der Waals surface area contributed by atoms with Gasteiger partial charge in [-0.25, -0.2) is 4.98 Å². The molecule has 1 aromatic heterocycles. The molecule has 0 fully saturated rings. The Balaban J connectivity index is 2.67. The molecule has 0 aliphatic heterocycles. The predicted octanol–water partition coefficient (Wildman–Crippen LogP) is 5.23. The van der Waals surface area contributed by atoms with Crippen LogP contribution in [-0.4, -0.2) is 17.1 Å². The van der Waals surface area contributed by atoms with Gasteiger partial charge in [0.2, 0.25) is 0 Å². The standard InChI is InChI=1S/C16H19BrN2OS/c1-4-16(5-2,20-3)15-18-13(12(17)14(21)19-15)11-9-7-6-8-10-11/h6-10H,4-5H2,1-3H3,(H,18,19,21). The molecule has 2 aromatic rings. The molecule has 5 heteroatoms. The summed E-state index contributed by atoms with van der Waals surface area (Å²) in [6.07, 6.45) is 1.66. The van der Waals surface area contributed by atoms with Gasteiger partial charge in [-0.3, -0.25) is 0 Å². The first-order chi connectivity index (χ1) is 10.1. The van der Waals surface area contributed by atoms with Gasteiger partial charge in [0.05, 0.1) is 10.2 Å². The molecule has 0 saturated heterocycles. The maximum absolute atomic E-state index is 5.75. The van der Waals surface area contributed by atoms with Crippen LogP contribution in [0.15, 0.2) is 34.8 Å². The second-order valence-corrected chi connectivity index (χ2v) is 6.03. The minimum Gasteiger partial charge on any atom is -0.370 e. The van der Waals surface area contributed by atoms with E-state index in [1.54, 1.807) is 7.11 Å². The minimum atomic E-state index is -0.433. The quantitative estimate of drug-likeness (QED) is 0.736. The summed E-state index contributed by atoms with van der Waals surface area (Å²) in [6, 6.07) is 10.1. The molecule has 1 heterocycles. The van der Waals surface area contributed by atoms with Crippen LogP contribution in [0.25, 0.3) is 11.3 Å². The third kappa shape index (κ3) is 3.10. The molecular weight excluding hydrogens is 348 g/mol. The van der Waals surface area contributed by atoms with E-state index in [2.05, 4.69) is 39.7 Å². The van der Waals surface area contributed by atoms with Gasteiger partial charge in [0.15, 0.2) is 0 Å². The Morgan fingerprint density at radius 3 is 2.38 bits per heavy atom. The molecule has 0 unspecified atom stereocenters. The zero-order valence-electron chi connectivity index (χ0n) is 12.4. The summed E-state index contributed by atoms with van der Waals surface area (Å²) in [5, 5.41) is 0. The van der Waals surface area contributed by atoms with E-state index in [9.17, 15) is 0 Å². The molecule has 0 atom stereocenters. The molecule has 0 aliphatic rings. The number of hydrogen-bond donors (Lipinski definition) is 1. The van der Waals surface area contributed by atoms with E-state index in [-0.39, 0.29) is 0 Å². The highest BCUT2D eigenvalue weighted by atomic mass is 79.9. The third-order valence-corrected chi connectivity index (χ3v) is 5.22. The molecule has 0 saturated carbocycles. The summed E-state index contributed by atoms with van der Waals surface area (Å²) in [7, 11) is 1.72. The van der Waals surface area contributed by atoms with Crippen LogP contribution in [-0.2, 0) is 10.3 Å². The van der Waals surface area contributed by atoms with Crippen LogP contribution in [0.4, 0.5) is 0 Å². The molecule has 112 valence electrons. The molecule has 0 aliphatic carbocycles. The van der Waals surface area contributed by atoms with Crippen molar-refractivity contribution in [1.29, 1.82) is 0 Å². The van der Waals surface area contributed by atoms with Crippen molar-refractivity contribution in [2.75, 3.05) is 7.11 Å². The number of rotatable bonds is 5. The van der Waals surface area contributed by atoms with Crippen molar-refractivity contribution in [3.63, 3.8) is 0 Å². The van der Waals surface area contributed by atoms with Crippen molar-refractivity contribution in [3.8, 4) is 11.3 Å². The number of hydrogen-bond acceptors (Lipinski definition) is 3. The lowest BCUT2D eigenvalue weighted by Gasteiger charge is -2.29. The van der Waals surface area contributed by atoms with Crippen molar-refractivity contribution >= 4 is 28.1 Å². The largest absolute Gasteiger partial charge is 0.370 e. The lowest BCUT2D eigenvalue weighted by atomic mass is 9.95. The fraction of sp³-hybridized carbons (Fsp3) is 0.375. The fourth-order valence-electron chi connectivity index (χ4n) is 2.45. The Kier molecular flexibility index (Phi) is 5.30. The number of aromatic amines is 1. The van der Waals surface area contributed by atoms with E-state index >= 15 is 0 Å². The van der Waals surface area contributed by atoms with E-state index in [1.165, 1.54) is 0 Å². The molecule has 0 spiro atoms. The Hall–Kier alpha value is -1.04. The van der Waals surface area contributed by atoms with Crippen LogP contribution in [0.1, 0.15) is 32.5 Å². The van der Waals surface area contributed by atoms with Crippen molar-refractivity contribution < 1.29 is 4.74 Å². The summed E-state index contributed by atoms with van der Waals surface area (Å²) in [6.45, 7) is 4.19. The van der Waals surface area contributed by atoms with Gasteiger partial charge < -0.3 is 9.72 Å². The van der Waals surface area contributed by atoms with Gasteiger partial charge in [-0.15, -0.1) is 0 Å². The van der Waals surface area contributed by atoms with Crippen LogP contribution in [0.3, 0.4) is 0 Å². The first-order valence-corrected chi connectivity index (χ1v) is 8.19. The maximum Gasteiger partial charge on any atom is 0.144 e. The van der Waals surface area contributed by atoms with Crippen molar-refractivity contribution in [2.24, 2.45) is 0 Å². The summed E-state index contributed by atoms with van der Waals surface area (Å²) in [5.41, 5.74) is 1.57. The van der Waals surface area contributed by atoms with E-state index in [0.717, 1.165) is 34.4 Å². The van der Waals surface area contributed by atoms with Gasteiger partial charge in [0, 0.05) is 7.11 Å². The van der Waals surface area contributed by atoms with Crippen LogP contribution >= 0.6 is 28.1 Å². The second kappa shape index (κ2) is 6.81. The first-order valence-electron chi connectivity index (χ1n) is 6.98. The predicted molar refractivity (Wildman–Crippen MR) is 91.8 cm³/mol. The Labute approximate surface area is 138 Å². The summed E-state index contributed by atoms with van der Waals surface area (Å²) >= 11 is 8.95. The number of aromatic nitrogens is 2. The molecule has 0 radical (unpaired) electrons. The summed E-state index contributed by atoms with van der Waals surface area (Å²) in [4.78, 5) is 7.95. The van der Waals surface area contributed by atoms with Gasteiger partial charge in [-0.2, -0.15) is 0 Å². The van der Waals surface area contributed by atoms with Gasteiger partial charge in [-0.1, -0.05) is 56.4 Å². The van der Waals surface area contributed by atoms with Gasteiger partial charge in [0.1, 0.15) is 16.1 Å². The normalized spacial score (nSPS) is 11.6. The van der Waals surface area contributed by atoms with Gasteiger partial charge in [-0.05, 0) is 34.3 Å². The number of nitrogens with one attached hydrogen (secondary N) is 1. The van der Waals surface area contributed by atoms with Crippen LogP contribution in [0.5, 0.6) is 0 Å². The van der Waals surface area contributed by atoms with E-state index in [4.69, 9.17) is 17.0 Å². The molecular formula is C16H19BrN2OS. The number of benzene rings is 1. The topological polar surface area (TPSA) is 37.9 Å². The number of ether oxygens (including phenoxy) is 1. The van der Waals surface area contributed by atoms with Crippen molar-refractivity contribution in [2.45, 2.75) is 32.3 Å². The third-order valence-electron chi connectivity index (χ3n) is 3.89. The maximum atomic E-state index is 5.75. The molecule has 3 nitrogen and oxygen atoms in total. The van der Waals surface area contributed by atoms with Crippen LogP contribution in [0, 0.1) is 4.64 Å². The Morgan fingerprint density at radius 1 is 1.24 bits per heavy atom. The molecule has 1 N–H and O–H groups in total. The zero-order chi connectivity index (χ0) is 15.5. The van der Waals surface area contributed by atoms with Gasteiger partial charge >= 0.3 is 0 Å². The van der Waals surface area contributed by atoms with E-state index in [1.807, 2.05) is 30.3 Å². The average molecular weight is 367 g/mol. The number of methoxy groups -OCH3 is 1. The molecule has 1 aromatic carbocycles. The molecule has 2 rings (SSSR count). The van der Waals surface area contributed by atoms with E-state index < -0.39 is 5.60 Å². The number of halogens is 1. The minimum absolute atomic E-state index is 0.433. The Bertz CT molecular complexity index is 657. The lowest BCUT2D eigenvalue weighted by molar-refractivity contribution is -0.0291. The fourth-order valence-corrected chi connectivity index (χ4v) is 3.06. The monoisotopic (exact) mass is 366 g/mol. The highest BCUT2D eigenvalue weighted by Crippen LogP contribution is 2.34. The average Bonchev–Trinajstić information content (AvgIpc) is 2.53. The van der Waals surface area contributed by atoms with Crippen LogP contribution in [0.2, 0.25) is 0 Å². The molecule has 0 bridgehead atoms. The van der Waals surface area contributed by atoms with Crippen LogP contribution < -0.4 is 0 Å². The van der Waals surface area contributed by atoms with Gasteiger partial charge in [0.25, 0.3) is 0 Å². The second-order valence-electron chi connectivity index (χ2n) is 4.85. The summed E-state index contributed by atoms with van der Waals surface area (Å²) in [5.74, 6) is 0.780. The first kappa shape index (κ1) is 16.3. The zero-order valence-corrected chi connectivity index (χ0v) is 14.8. The highest BCUT2D eigenvalue weighted by Gasteiger charge is 2.31.